The molecule has 0 fully saturated rings. The second-order valence-electron chi connectivity index (χ2n) is 2.95. The first kappa shape index (κ1) is 10.7. The molecule has 4 heteroatoms. The Morgan fingerprint density at radius 1 is 1.54 bits per heavy atom. The van der Waals surface area contributed by atoms with E-state index in [0.717, 1.165) is 9.13 Å². The molecule has 0 amide bonds. The number of aromatic hydroxyl groups is 1. The van der Waals surface area contributed by atoms with Gasteiger partial charge >= 0.3 is 0 Å². The standard InChI is InChI=1S/C9H12INO2/c1-5-2-9(13)6(3-7(5)10)8(11)4-12/h2-3,8,12-13H,4,11H2,1H3/t8-/m1/s1. The van der Waals surface area contributed by atoms with Crippen LogP contribution in [-0.4, -0.2) is 16.8 Å². The molecular formula is C9H12INO2. The second-order valence-corrected chi connectivity index (χ2v) is 4.11. The Labute approximate surface area is 90.7 Å². The Bertz CT molecular complexity index is 315. The zero-order valence-corrected chi connectivity index (χ0v) is 9.45. The summed E-state index contributed by atoms with van der Waals surface area (Å²) in [7, 11) is 0. The molecule has 4 N–H and O–H groups in total. The van der Waals surface area contributed by atoms with Crippen molar-refractivity contribution in [3.63, 3.8) is 0 Å². The molecule has 0 bridgehead atoms. The average molecular weight is 293 g/mol. The molecule has 1 rings (SSSR count). The molecule has 0 spiro atoms. The van der Waals surface area contributed by atoms with Crippen LogP contribution in [0.2, 0.25) is 0 Å². The first-order valence-corrected chi connectivity index (χ1v) is 4.99. The van der Waals surface area contributed by atoms with Gasteiger partial charge in [0.25, 0.3) is 0 Å². The monoisotopic (exact) mass is 293 g/mol. The van der Waals surface area contributed by atoms with Crippen molar-refractivity contribution in [3.05, 3.63) is 26.8 Å². The lowest BCUT2D eigenvalue weighted by molar-refractivity contribution is 0.265. The van der Waals surface area contributed by atoms with Crippen molar-refractivity contribution in [2.24, 2.45) is 5.73 Å². The lowest BCUT2D eigenvalue weighted by Gasteiger charge is -2.12. The summed E-state index contributed by atoms with van der Waals surface area (Å²) in [5.74, 6) is 0.152. The van der Waals surface area contributed by atoms with Crippen molar-refractivity contribution >= 4 is 22.6 Å². The number of aliphatic hydroxyl groups excluding tert-OH is 1. The molecule has 13 heavy (non-hydrogen) atoms. The number of aliphatic hydroxyl groups is 1. The minimum Gasteiger partial charge on any atom is -0.508 e. The summed E-state index contributed by atoms with van der Waals surface area (Å²) in [4.78, 5) is 0. The van der Waals surface area contributed by atoms with Crippen LogP contribution in [0.15, 0.2) is 12.1 Å². The van der Waals surface area contributed by atoms with Crippen LogP contribution in [0, 0.1) is 10.5 Å². The molecule has 0 aliphatic rings. The fourth-order valence-corrected chi connectivity index (χ4v) is 1.57. The SMILES string of the molecule is Cc1cc(O)c([C@H](N)CO)cc1I. The molecule has 1 atom stereocenters. The Kier molecular flexibility index (Phi) is 3.52. The van der Waals surface area contributed by atoms with Gasteiger partial charge in [0.1, 0.15) is 5.75 Å². The molecule has 0 aromatic heterocycles. The summed E-state index contributed by atoms with van der Waals surface area (Å²) in [6.45, 7) is 1.75. The highest BCUT2D eigenvalue weighted by atomic mass is 127. The van der Waals surface area contributed by atoms with Crippen LogP contribution in [0.5, 0.6) is 5.75 Å². The van der Waals surface area contributed by atoms with Gasteiger partial charge in [0.15, 0.2) is 0 Å². The van der Waals surface area contributed by atoms with Gasteiger partial charge in [0.2, 0.25) is 0 Å². The van der Waals surface area contributed by atoms with E-state index in [1.807, 2.05) is 6.92 Å². The van der Waals surface area contributed by atoms with E-state index in [9.17, 15) is 5.11 Å². The van der Waals surface area contributed by atoms with Gasteiger partial charge < -0.3 is 15.9 Å². The second kappa shape index (κ2) is 4.26. The van der Waals surface area contributed by atoms with Crippen molar-refractivity contribution in [2.75, 3.05) is 6.61 Å². The summed E-state index contributed by atoms with van der Waals surface area (Å²) < 4.78 is 1.04. The molecule has 0 aliphatic heterocycles. The largest absolute Gasteiger partial charge is 0.508 e. The number of hydrogen-bond acceptors (Lipinski definition) is 3. The Morgan fingerprint density at radius 2 is 2.15 bits per heavy atom. The van der Waals surface area contributed by atoms with E-state index < -0.39 is 6.04 Å². The minimum atomic E-state index is -0.505. The number of phenols is 1. The third-order valence-electron chi connectivity index (χ3n) is 1.90. The normalized spacial score (nSPS) is 12.9. The van der Waals surface area contributed by atoms with Gasteiger partial charge in [-0.3, -0.25) is 0 Å². The molecule has 1 aromatic carbocycles. The quantitative estimate of drug-likeness (QED) is 0.720. The summed E-state index contributed by atoms with van der Waals surface area (Å²) in [5, 5.41) is 18.4. The van der Waals surface area contributed by atoms with Gasteiger partial charge in [0, 0.05) is 9.13 Å². The molecule has 3 nitrogen and oxygen atoms in total. The van der Waals surface area contributed by atoms with Crippen molar-refractivity contribution in [1.29, 1.82) is 0 Å². The fourth-order valence-electron chi connectivity index (χ4n) is 1.08. The highest BCUT2D eigenvalue weighted by Gasteiger charge is 2.11. The van der Waals surface area contributed by atoms with E-state index in [4.69, 9.17) is 10.8 Å². The van der Waals surface area contributed by atoms with Crippen molar-refractivity contribution < 1.29 is 10.2 Å². The van der Waals surface area contributed by atoms with Crippen molar-refractivity contribution in [2.45, 2.75) is 13.0 Å². The summed E-state index contributed by atoms with van der Waals surface area (Å²) in [5.41, 5.74) is 7.20. The molecule has 0 aliphatic carbocycles. The van der Waals surface area contributed by atoms with E-state index in [2.05, 4.69) is 22.6 Å². The number of nitrogens with two attached hydrogens (primary N) is 1. The van der Waals surface area contributed by atoms with Crippen LogP contribution in [-0.2, 0) is 0 Å². The van der Waals surface area contributed by atoms with Crippen molar-refractivity contribution in [3.8, 4) is 5.75 Å². The van der Waals surface area contributed by atoms with Gasteiger partial charge in [-0.15, -0.1) is 0 Å². The van der Waals surface area contributed by atoms with Gasteiger partial charge in [-0.05, 0) is 47.2 Å². The molecule has 0 radical (unpaired) electrons. The number of phenolic OH excluding ortho intramolecular Hbond substituents is 1. The van der Waals surface area contributed by atoms with E-state index in [-0.39, 0.29) is 12.4 Å². The van der Waals surface area contributed by atoms with Gasteiger partial charge in [-0.25, -0.2) is 0 Å². The van der Waals surface area contributed by atoms with Crippen LogP contribution < -0.4 is 5.73 Å². The molecule has 1 aromatic rings. The number of hydrogen-bond donors (Lipinski definition) is 3. The van der Waals surface area contributed by atoms with Gasteiger partial charge in [-0.2, -0.15) is 0 Å². The van der Waals surface area contributed by atoms with Crippen molar-refractivity contribution in [1.82, 2.24) is 0 Å². The highest BCUT2D eigenvalue weighted by molar-refractivity contribution is 14.1. The number of rotatable bonds is 2. The Balaban J connectivity index is 3.15. The van der Waals surface area contributed by atoms with Crippen LogP contribution >= 0.6 is 22.6 Å². The zero-order chi connectivity index (χ0) is 10.0. The maximum Gasteiger partial charge on any atom is 0.120 e. The third kappa shape index (κ3) is 2.32. The molecule has 0 saturated heterocycles. The zero-order valence-electron chi connectivity index (χ0n) is 7.29. The predicted octanol–water partition coefficient (Wildman–Crippen LogP) is 1.30. The van der Waals surface area contributed by atoms with E-state index in [0.29, 0.717) is 5.56 Å². The smallest absolute Gasteiger partial charge is 0.120 e. The minimum absolute atomic E-state index is 0.152. The van der Waals surface area contributed by atoms with E-state index >= 15 is 0 Å². The fraction of sp³-hybridized carbons (Fsp3) is 0.333. The summed E-state index contributed by atoms with van der Waals surface area (Å²) in [6, 6.07) is 2.95. The number of benzene rings is 1. The van der Waals surface area contributed by atoms with E-state index in [1.54, 1.807) is 12.1 Å². The van der Waals surface area contributed by atoms with Crippen LogP contribution in [0.4, 0.5) is 0 Å². The lowest BCUT2D eigenvalue weighted by atomic mass is 10.1. The first-order valence-electron chi connectivity index (χ1n) is 3.91. The molecule has 0 unspecified atom stereocenters. The third-order valence-corrected chi connectivity index (χ3v) is 3.07. The average Bonchev–Trinajstić information content (AvgIpc) is 2.10. The number of aryl methyl sites for hydroxylation is 1. The molecular weight excluding hydrogens is 281 g/mol. The highest BCUT2D eigenvalue weighted by Crippen LogP contribution is 2.27. The predicted molar refractivity (Wildman–Crippen MR) is 59.6 cm³/mol. The first-order chi connectivity index (χ1) is 6.06. The lowest BCUT2D eigenvalue weighted by Crippen LogP contribution is -2.14. The maximum atomic E-state index is 9.52. The van der Waals surface area contributed by atoms with Crippen LogP contribution in [0.3, 0.4) is 0 Å². The van der Waals surface area contributed by atoms with Crippen LogP contribution in [0.25, 0.3) is 0 Å². The van der Waals surface area contributed by atoms with Gasteiger partial charge in [0.05, 0.1) is 12.6 Å². The Hall–Kier alpha value is -0.330. The van der Waals surface area contributed by atoms with Gasteiger partial charge in [-0.1, -0.05) is 0 Å². The Morgan fingerprint density at radius 3 is 2.69 bits per heavy atom. The molecule has 72 valence electrons. The van der Waals surface area contributed by atoms with Crippen LogP contribution in [0.1, 0.15) is 17.2 Å². The molecule has 0 saturated carbocycles. The summed E-state index contributed by atoms with van der Waals surface area (Å²) >= 11 is 2.17. The number of halogens is 1. The van der Waals surface area contributed by atoms with E-state index in [1.165, 1.54) is 0 Å². The molecule has 0 heterocycles. The summed E-state index contributed by atoms with van der Waals surface area (Å²) in [6.07, 6.45) is 0. The topological polar surface area (TPSA) is 66.5 Å². The maximum absolute atomic E-state index is 9.52.